The summed E-state index contributed by atoms with van der Waals surface area (Å²) < 4.78 is 24.1. The summed E-state index contributed by atoms with van der Waals surface area (Å²) >= 11 is 5.59. The molecule has 7 N–H and O–H groups in total. The third-order valence-corrected chi connectivity index (χ3v) is 22.0. The molecule has 4 fully saturated rings. The van der Waals surface area contributed by atoms with Gasteiger partial charge in [0.1, 0.15) is 67.7 Å². The SMILES string of the molecule is C1CCOC1.CC(C)(C)OC(=O)OC(=O)OC(C)(C)C.CC1CCc2sc3ncnc(NC4CCC(N)CC4)c3c2C1.CC1CCc2sc3ncnc(NC4CCC(NC(=O)OC(C)(C)C)CC4)c3c2C1.CNC1CCC(Nc2ncnc3sc4c(c23)CC(C)CC4)CC1.[AlH3].[H-].[Li+]. The largest absolute Gasteiger partial charge is 1.00 e. The molecule has 1 saturated heterocycles. The average Bonchev–Trinajstić information content (AvgIpc) is 1.65. The van der Waals surface area contributed by atoms with E-state index in [1.54, 1.807) is 65.4 Å². The van der Waals surface area contributed by atoms with E-state index in [-0.39, 0.29) is 49.8 Å². The number of carbonyl (C=O) groups excluding carboxylic acids is 3. The number of nitrogens with zero attached hydrogens (tertiary/aromatic N) is 6. The Bertz CT molecular complexity index is 3420. The maximum atomic E-state index is 12.0. The summed E-state index contributed by atoms with van der Waals surface area (Å²) in [5.41, 5.74) is 8.67. The van der Waals surface area contributed by atoms with Crippen LogP contribution in [0.4, 0.5) is 31.8 Å². The number of aryl methyl sites for hydroxylation is 3. The Morgan fingerprint density at radius 2 is 0.812 bits per heavy atom. The Morgan fingerprint density at radius 3 is 1.12 bits per heavy atom. The number of nitrogens with two attached hydrogens (primary N) is 1. The Balaban J connectivity index is 0.000000201. The van der Waals surface area contributed by atoms with Crippen LogP contribution in [0.5, 0.6) is 0 Å². The van der Waals surface area contributed by atoms with Crippen molar-refractivity contribution in [1.29, 1.82) is 0 Å². The number of amides is 1. The molecule has 25 heteroatoms. The van der Waals surface area contributed by atoms with E-state index in [2.05, 4.69) is 89.0 Å². The van der Waals surface area contributed by atoms with Gasteiger partial charge in [-0.05, 0) is 251 Å². The molecule has 0 bridgehead atoms. The second-order valence-corrected chi connectivity index (χ2v) is 33.4. The number of thiophene rings is 3. The van der Waals surface area contributed by atoms with Gasteiger partial charge in [-0.3, -0.25) is 0 Å². The standard InChI is InChI=1S/C22H32N4O2S.C18H26N4S.C17H24N4S.C10H18O5.C4H8O.Al.Li.4H/c1-13-5-10-17-16(11-13)18-19(23-12-24-20(18)29-17)25-14-6-8-15(9-7-14)26-21(27)28-22(2,3)4;1-11-3-8-15-14(9-11)16-17(20-10-21-18(16)23-15)22-13-6-4-12(19-2)5-7-13;1-10-2-7-14-13(8-10)15-16(19-9-20-17(15)22-14)21-12-5-3-11(18)4-6-12;1-9(2,3)14-7(11)13-8(12)15-10(4,5)6;1-2-4-5-3-1;;;;;;/h12-15H,5-11H2,1-4H3,(H,26,27)(H,23,24,25);10-13,19H,3-9H2,1-2H3,(H,20,21,22);9-12H,2-8,18H2,1H3,(H,19,20,21);1-6H3;1-4H2;;;;;;/q;;;;;;+1;;;;-1. The second-order valence-electron chi connectivity index (χ2n) is 30.2. The van der Waals surface area contributed by atoms with E-state index in [9.17, 15) is 14.4 Å². The Hall–Kier alpha value is -4.46. The fraction of sp³-hybridized carbons (Fsp3) is 0.704. The van der Waals surface area contributed by atoms with Crippen molar-refractivity contribution in [3.8, 4) is 0 Å². The summed E-state index contributed by atoms with van der Waals surface area (Å²) in [4.78, 5) is 69.5. The number of nitrogens with one attached hydrogen (secondary N) is 5. The number of aromatic nitrogens is 6. The summed E-state index contributed by atoms with van der Waals surface area (Å²) in [6.45, 7) is 24.7. The van der Waals surface area contributed by atoms with Gasteiger partial charge in [-0.2, -0.15) is 0 Å². The predicted molar refractivity (Wildman–Crippen MR) is 392 cm³/mol. The zero-order valence-electron chi connectivity index (χ0n) is 60.4. The second kappa shape index (κ2) is 36.2. The van der Waals surface area contributed by atoms with Gasteiger partial charge in [-0.25, -0.2) is 44.3 Å². The van der Waals surface area contributed by atoms with E-state index in [1.807, 2.05) is 54.8 Å². The van der Waals surface area contributed by atoms with Crippen LogP contribution < -0.4 is 51.2 Å². The van der Waals surface area contributed by atoms with Crippen molar-refractivity contribution in [1.82, 2.24) is 40.5 Å². The van der Waals surface area contributed by atoms with Crippen molar-refractivity contribution >= 4 is 118 Å². The van der Waals surface area contributed by atoms with Crippen LogP contribution in [0.25, 0.3) is 30.6 Å². The molecular formula is C71H112AlLiN12O8S3. The number of anilines is 3. The normalized spacial score (nSPS) is 23.8. The van der Waals surface area contributed by atoms with Crippen molar-refractivity contribution in [3.63, 3.8) is 0 Å². The molecular weight excluding hydrogens is 1280 g/mol. The fourth-order valence-corrected chi connectivity index (χ4v) is 17.1. The number of hydrogen-bond acceptors (Lipinski definition) is 22. The molecule has 1 aliphatic heterocycles. The van der Waals surface area contributed by atoms with Crippen molar-refractivity contribution in [3.05, 3.63) is 50.3 Å². The number of ether oxygens (including phenoxy) is 5. The first-order valence-corrected chi connectivity index (χ1v) is 37.4. The first kappa shape index (κ1) is 78.9. The molecule has 96 heavy (non-hydrogen) atoms. The van der Waals surface area contributed by atoms with Crippen LogP contribution in [-0.2, 0) is 62.2 Å². The van der Waals surface area contributed by atoms with Gasteiger partial charge in [0.2, 0.25) is 0 Å². The monoisotopic (exact) mass is 1390 g/mol. The molecule has 526 valence electrons. The predicted octanol–water partition coefficient (Wildman–Crippen LogP) is 11.9. The van der Waals surface area contributed by atoms with Crippen molar-refractivity contribution in [2.24, 2.45) is 23.5 Å². The third-order valence-electron chi connectivity index (χ3n) is 18.4. The van der Waals surface area contributed by atoms with Gasteiger partial charge in [0, 0.05) is 64.1 Å². The Labute approximate surface area is 606 Å². The van der Waals surface area contributed by atoms with E-state index >= 15 is 0 Å². The topological polar surface area (TPSA) is 261 Å². The van der Waals surface area contributed by atoms with Crippen LogP contribution in [0.1, 0.15) is 225 Å². The summed E-state index contributed by atoms with van der Waals surface area (Å²) in [5, 5.41) is 21.4. The molecule has 6 aliphatic carbocycles. The van der Waals surface area contributed by atoms with Gasteiger partial charge in [-0.15, -0.1) is 34.0 Å². The number of carbonyl (C=O) groups is 3. The molecule has 7 heterocycles. The van der Waals surface area contributed by atoms with Crippen LogP contribution in [0.3, 0.4) is 0 Å². The smallest absolute Gasteiger partial charge is 1.00 e. The molecule has 20 nitrogen and oxygen atoms in total. The summed E-state index contributed by atoms with van der Waals surface area (Å²) in [6.07, 6.45) is 29.6. The van der Waals surface area contributed by atoms with E-state index in [0.717, 1.165) is 116 Å². The third kappa shape index (κ3) is 23.6. The zero-order chi connectivity index (χ0) is 67.3. The molecule has 1 amide bonds. The summed E-state index contributed by atoms with van der Waals surface area (Å²) in [7, 11) is 2.07. The number of fused-ring (bicyclic) bond motifs is 9. The molecule has 3 unspecified atom stereocenters. The van der Waals surface area contributed by atoms with Gasteiger partial charge in [0.25, 0.3) is 0 Å². The number of alkyl carbamates (subject to hydrolysis) is 1. The van der Waals surface area contributed by atoms with Gasteiger partial charge in [0.15, 0.2) is 17.4 Å². The van der Waals surface area contributed by atoms with Crippen molar-refractivity contribution in [2.75, 3.05) is 36.2 Å². The van der Waals surface area contributed by atoms with Crippen LogP contribution in [0.2, 0.25) is 0 Å². The van der Waals surface area contributed by atoms with Gasteiger partial charge < -0.3 is 57.4 Å². The maximum absolute atomic E-state index is 12.0. The number of rotatable bonds is 8. The zero-order valence-corrected chi connectivity index (χ0v) is 61.8. The molecule has 13 rings (SSSR count). The van der Waals surface area contributed by atoms with Crippen LogP contribution in [0.15, 0.2) is 19.0 Å². The minimum Gasteiger partial charge on any atom is -1.00 e. The Morgan fingerprint density at radius 1 is 0.490 bits per heavy atom. The van der Waals surface area contributed by atoms with Crippen molar-refractivity contribution < 1.29 is 58.4 Å². The molecule has 7 aliphatic rings. The average molecular weight is 1390 g/mol. The quantitative estimate of drug-likeness (QED) is 0.0358. The minimum absolute atomic E-state index is 0. The van der Waals surface area contributed by atoms with E-state index < -0.39 is 29.1 Å². The molecule has 0 radical (unpaired) electrons. The van der Waals surface area contributed by atoms with Gasteiger partial charge >= 0.3 is 37.3 Å². The number of hydrogen-bond donors (Lipinski definition) is 6. The molecule has 3 saturated carbocycles. The van der Waals surface area contributed by atoms with Gasteiger partial charge in [-0.1, -0.05) is 20.8 Å². The van der Waals surface area contributed by atoms with Crippen molar-refractivity contribution in [2.45, 2.75) is 284 Å². The van der Waals surface area contributed by atoms with E-state index in [1.165, 1.54) is 137 Å². The first-order valence-electron chi connectivity index (χ1n) is 34.9. The molecule has 0 spiro atoms. The van der Waals surface area contributed by atoms with E-state index in [0.29, 0.717) is 30.2 Å². The van der Waals surface area contributed by atoms with Gasteiger partial charge in [0.05, 0.1) is 16.2 Å². The van der Waals surface area contributed by atoms with Crippen LogP contribution in [-0.4, -0.2) is 139 Å². The van der Waals surface area contributed by atoms with Crippen LogP contribution in [0, 0.1) is 17.8 Å². The minimum atomic E-state index is -1.06. The molecule has 3 atom stereocenters. The summed E-state index contributed by atoms with van der Waals surface area (Å²) in [5.74, 6) is 5.39. The fourth-order valence-electron chi connectivity index (χ4n) is 13.5. The Kier molecular flexibility index (Phi) is 29.8. The first-order chi connectivity index (χ1) is 44.7. The molecule has 6 aromatic heterocycles. The maximum Gasteiger partial charge on any atom is 1.00 e. The van der Waals surface area contributed by atoms with E-state index in [4.69, 9.17) is 24.7 Å². The summed E-state index contributed by atoms with van der Waals surface area (Å²) in [6, 6.07) is 2.69. The van der Waals surface area contributed by atoms with Crippen LogP contribution >= 0.6 is 34.0 Å². The molecule has 0 aromatic carbocycles. The molecule has 6 aromatic rings.